The lowest BCUT2D eigenvalue weighted by Crippen LogP contribution is -2.31. The SMILES string of the molecule is Cc1ccc(C(=O)NCCNCc2ccc(C#N)s2)cc1. The predicted octanol–water partition coefficient (Wildman–Crippen LogP) is 2.45. The van der Waals surface area contributed by atoms with Crippen molar-refractivity contribution >= 4 is 17.2 Å². The molecule has 0 fully saturated rings. The monoisotopic (exact) mass is 299 g/mol. The van der Waals surface area contributed by atoms with E-state index in [9.17, 15) is 4.79 Å². The minimum Gasteiger partial charge on any atom is -0.351 e. The van der Waals surface area contributed by atoms with Gasteiger partial charge in [0, 0.05) is 30.1 Å². The highest BCUT2D eigenvalue weighted by atomic mass is 32.1. The van der Waals surface area contributed by atoms with Crippen LogP contribution in [0.4, 0.5) is 0 Å². The number of carbonyl (C=O) groups is 1. The minimum atomic E-state index is -0.0558. The third-order valence-electron chi connectivity index (χ3n) is 2.97. The van der Waals surface area contributed by atoms with Crippen LogP contribution >= 0.6 is 11.3 Å². The van der Waals surface area contributed by atoms with Crippen molar-refractivity contribution in [2.75, 3.05) is 13.1 Å². The second-order valence-corrected chi connectivity index (χ2v) is 5.84. The van der Waals surface area contributed by atoms with Crippen LogP contribution in [0.25, 0.3) is 0 Å². The lowest BCUT2D eigenvalue weighted by molar-refractivity contribution is 0.0954. The molecule has 2 N–H and O–H groups in total. The fourth-order valence-electron chi connectivity index (χ4n) is 1.82. The van der Waals surface area contributed by atoms with Gasteiger partial charge in [-0.2, -0.15) is 5.26 Å². The number of thiophene rings is 1. The second-order valence-electron chi connectivity index (χ2n) is 4.68. The standard InChI is InChI=1S/C16H17N3OS/c1-12-2-4-13(5-3-12)16(20)19-9-8-18-11-15-7-6-14(10-17)21-15/h2-7,18H,8-9,11H2,1H3,(H,19,20). The summed E-state index contributed by atoms with van der Waals surface area (Å²) >= 11 is 1.48. The summed E-state index contributed by atoms with van der Waals surface area (Å²) in [5, 5.41) is 14.9. The van der Waals surface area contributed by atoms with Gasteiger partial charge < -0.3 is 10.6 Å². The fourth-order valence-corrected chi connectivity index (χ4v) is 2.59. The van der Waals surface area contributed by atoms with Crippen LogP contribution in [0.2, 0.25) is 0 Å². The number of nitrogens with one attached hydrogen (secondary N) is 2. The lowest BCUT2D eigenvalue weighted by Gasteiger charge is -2.06. The van der Waals surface area contributed by atoms with Crippen molar-refractivity contribution in [1.82, 2.24) is 10.6 Å². The van der Waals surface area contributed by atoms with Crippen molar-refractivity contribution in [3.8, 4) is 6.07 Å². The van der Waals surface area contributed by atoms with Crippen molar-refractivity contribution < 1.29 is 4.79 Å². The van der Waals surface area contributed by atoms with Crippen LogP contribution in [0, 0.1) is 18.3 Å². The number of rotatable bonds is 6. The van der Waals surface area contributed by atoms with E-state index in [1.54, 1.807) is 0 Å². The van der Waals surface area contributed by atoms with E-state index in [0.717, 1.165) is 15.3 Å². The number of amides is 1. The van der Waals surface area contributed by atoms with Gasteiger partial charge in [-0.25, -0.2) is 0 Å². The van der Waals surface area contributed by atoms with Crippen LogP contribution in [0.5, 0.6) is 0 Å². The van der Waals surface area contributed by atoms with Gasteiger partial charge >= 0.3 is 0 Å². The molecule has 0 radical (unpaired) electrons. The van der Waals surface area contributed by atoms with Crippen LogP contribution in [0.15, 0.2) is 36.4 Å². The van der Waals surface area contributed by atoms with Gasteiger partial charge in [0.1, 0.15) is 10.9 Å². The summed E-state index contributed by atoms with van der Waals surface area (Å²) in [5.41, 5.74) is 1.82. The maximum atomic E-state index is 11.9. The van der Waals surface area contributed by atoms with Gasteiger partial charge in [-0.1, -0.05) is 17.7 Å². The highest BCUT2D eigenvalue weighted by Gasteiger charge is 2.03. The summed E-state index contributed by atoms with van der Waals surface area (Å²) in [6.45, 7) is 3.97. The summed E-state index contributed by atoms with van der Waals surface area (Å²) in [4.78, 5) is 13.7. The number of hydrogen-bond acceptors (Lipinski definition) is 4. The number of aryl methyl sites for hydroxylation is 1. The van der Waals surface area contributed by atoms with Gasteiger partial charge in [-0.15, -0.1) is 11.3 Å². The molecular formula is C16H17N3OS. The Bertz CT molecular complexity index is 640. The van der Waals surface area contributed by atoms with E-state index in [0.29, 0.717) is 25.2 Å². The first-order chi connectivity index (χ1) is 10.2. The minimum absolute atomic E-state index is 0.0558. The maximum Gasteiger partial charge on any atom is 0.251 e. The molecule has 108 valence electrons. The Morgan fingerprint density at radius 1 is 1.19 bits per heavy atom. The zero-order valence-electron chi connectivity index (χ0n) is 11.8. The number of benzene rings is 1. The molecule has 0 aliphatic heterocycles. The van der Waals surface area contributed by atoms with Crippen LogP contribution in [-0.2, 0) is 6.54 Å². The molecule has 5 heteroatoms. The number of hydrogen-bond donors (Lipinski definition) is 2. The molecule has 0 saturated carbocycles. The van der Waals surface area contributed by atoms with Crippen molar-refractivity contribution in [1.29, 1.82) is 5.26 Å². The van der Waals surface area contributed by atoms with Crippen molar-refractivity contribution in [2.24, 2.45) is 0 Å². The van der Waals surface area contributed by atoms with E-state index < -0.39 is 0 Å². The topological polar surface area (TPSA) is 64.9 Å². The van der Waals surface area contributed by atoms with E-state index in [1.807, 2.05) is 43.3 Å². The Morgan fingerprint density at radius 3 is 2.62 bits per heavy atom. The van der Waals surface area contributed by atoms with Gasteiger partial charge in [-0.05, 0) is 31.2 Å². The zero-order chi connectivity index (χ0) is 15.1. The number of nitrogens with zero attached hydrogens (tertiary/aromatic N) is 1. The van der Waals surface area contributed by atoms with Crippen molar-refractivity contribution in [3.63, 3.8) is 0 Å². The molecule has 2 aromatic rings. The Balaban J connectivity index is 1.66. The second kappa shape index (κ2) is 7.58. The van der Waals surface area contributed by atoms with E-state index in [-0.39, 0.29) is 5.91 Å². The molecule has 0 saturated heterocycles. The highest BCUT2D eigenvalue weighted by Crippen LogP contribution is 2.14. The van der Waals surface area contributed by atoms with E-state index in [1.165, 1.54) is 11.3 Å². The summed E-state index contributed by atoms with van der Waals surface area (Å²) < 4.78 is 0. The fraction of sp³-hybridized carbons (Fsp3) is 0.250. The molecule has 1 heterocycles. The van der Waals surface area contributed by atoms with Crippen molar-refractivity contribution in [3.05, 3.63) is 57.3 Å². The molecule has 0 unspecified atom stereocenters. The molecule has 1 aromatic heterocycles. The Kier molecular flexibility index (Phi) is 5.50. The number of carbonyl (C=O) groups excluding carboxylic acids is 1. The average Bonchev–Trinajstić information content (AvgIpc) is 2.95. The molecule has 0 atom stereocenters. The molecule has 21 heavy (non-hydrogen) atoms. The average molecular weight is 299 g/mol. The first-order valence-corrected chi connectivity index (χ1v) is 7.55. The molecule has 1 amide bonds. The Hall–Kier alpha value is -2.16. The highest BCUT2D eigenvalue weighted by molar-refractivity contribution is 7.12. The quantitative estimate of drug-likeness (QED) is 0.805. The third-order valence-corrected chi connectivity index (χ3v) is 3.96. The molecule has 1 aromatic carbocycles. The summed E-state index contributed by atoms with van der Waals surface area (Å²) in [6, 6.07) is 13.4. The molecule has 0 aliphatic carbocycles. The molecular weight excluding hydrogens is 282 g/mol. The van der Waals surface area contributed by atoms with E-state index in [2.05, 4.69) is 16.7 Å². The van der Waals surface area contributed by atoms with Gasteiger partial charge in [0.2, 0.25) is 0 Å². The van der Waals surface area contributed by atoms with Crippen LogP contribution < -0.4 is 10.6 Å². The smallest absolute Gasteiger partial charge is 0.251 e. The first-order valence-electron chi connectivity index (χ1n) is 6.73. The number of nitriles is 1. The Morgan fingerprint density at radius 2 is 1.95 bits per heavy atom. The van der Waals surface area contributed by atoms with Crippen LogP contribution in [-0.4, -0.2) is 19.0 Å². The lowest BCUT2D eigenvalue weighted by atomic mass is 10.1. The Labute approximate surface area is 128 Å². The summed E-state index contributed by atoms with van der Waals surface area (Å²) in [7, 11) is 0. The van der Waals surface area contributed by atoms with Gasteiger partial charge in [0.25, 0.3) is 5.91 Å². The maximum absolute atomic E-state index is 11.9. The van der Waals surface area contributed by atoms with Crippen LogP contribution in [0.3, 0.4) is 0 Å². The molecule has 0 bridgehead atoms. The predicted molar refractivity (Wildman–Crippen MR) is 84.3 cm³/mol. The van der Waals surface area contributed by atoms with Gasteiger partial charge in [0.05, 0.1) is 0 Å². The largest absolute Gasteiger partial charge is 0.351 e. The third kappa shape index (κ3) is 4.71. The van der Waals surface area contributed by atoms with Gasteiger partial charge in [-0.3, -0.25) is 4.79 Å². The summed E-state index contributed by atoms with van der Waals surface area (Å²) in [5.74, 6) is -0.0558. The molecule has 4 nitrogen and oxygen atoms in total. The normalized spacial score (nSPS) is 10.1. The van der Waals surface area contributed by atoms with E-state index >= 15 is 0 Å². The molecule has 0 aliphatic rings. The zero-order valence-corrected chi connectivity index (χ0v) is 12.7. The molecule has 0 spiro atoms. The van der Waals surface area contributed by atoms with Gasteiger partial charge in [0.15, 0.2) is 0 Å². The molecule has 2 rings (SSSR count). The van der Waals surface area contributed by atoms with Crippen LogP contribution in [0.1, 0.15) is 25.7 Å². The summed E-state index contributed by atoms with van der Waals surface area (Å²) in [6.07, 6.45) is 0. The van der Waals surface area contributed by atoms with Crippen molar-refractivity contribution in [2.45, 2.75) is 13.5 Å². The van der Waals surface area contributed by atoms with E-state index in [4.69, 9.17) is 5.26 Å². The first kappa shape index (κ1) is 15.2.